The maximum atomic E-state index is 6.41. The molecular weight excluding hydrogens is 282 g/mol. The normalized spacial score (nSPS) is 12.2. The van der Waals surface area contributed by atoms with Gasteiger partial charge in [0.15, 0.2) is 0 Å². The SMILES string of the molecule is Cc1cc(Cl)ccc1-c1nc(C(C)(C)C)n(C(C)C)c1N. The Morgan fingerprint density at radius 1 is 1.24 bits per heavy atom. The predicted octanol–water partition coefficient (Wildman–Crippen LogP) is 4.97. The average molecular weight is 306 g/mol. The summed E-state index contributed by atoms with van der Waals surface area (Å²) in [4.78, 5) is 4.86. The minimum absolute atomic E-state index is 0.0586. The molecule has 21 heavy (non-hydrogen) atoms. The molecule has 2 aromatic rings. The third-order valence-electron chi connectivity index (χ3n) is 3.58. The van der Waals surface area contributed by atoms with Crippen molar-refractivity contribution >= 4 is 17.4 Å². The van der Waals surface area contributed by atoms with Crippen LogP contribution >= 0.6 is 11.6 Å². The second-order valence-corrected chi connectivity index (χ2v) is 7.28. The van der Waals surface area contributed by atoms with Crippen molar-refractivity contribution in [3.63, 3.8) is 0 Å². The number of nitrogens with zero attached hydrogens (tertiary/aromatic N) is 2. The van der Waals surface area contributed by atoms with E-state index < -0.39 is 0 Å². The number of halogens is 1. The highest BCUT2D eigenvalue weighted by molar-refractivity contribution is 6.30. The number of aromatic nitrogens is 2. The van der Waals surface area contributed by atoms with Gasteiger partial charge in [0.05, 0.1) is 0 Å². The van der Waals surface area contributed by atoms with Crippen LogP contribution in [0.1, 0.15) is 52.0 Å². The van der Waals surface area contributed by atoms with Crippen molar-refractivity contribution < 1.29 is 0 Å². The molecule has 2 N–H and O–H groups in total. The van der Waals surface area contributed by atoms with Crippen molar-refractivity contribution in [3.05, 3.63) is 34.6 Å². The molecule has 0 fully saturated rings. The monoisotopic (exact) mass is 305 g/mol. The topological polar surface area (TPSA) is 43.8 Å². The van der Waals surface area contributed by atoms with Crippen molar-refractivity contribution in [1.29, 1.82) is 0 Å². The van der Waals surface area contributed by atoms with Crippen LogP contribution < -0.4 is 5.73 Å². The van der Waals surface area contributed by atoms with E-state index in [1.54, 1.807) is 0 Å². The van der Waals surface area contributed by atoms with Crippen LogP contribution in [0.4, 0.5) is 5.82 Å². The predicted molar refractivity (Wildman–Crippen MR) is 90.9 cm³/mol. The molecule has 0 aliphatic heterocycles. The van der Waals surface area contributed by atoms with Crippen LogP contribution in [0, 0.1) is 6.92 Å². The minimum Gasteiger partial charge on any atom is -0.383 e. The van der Waals surface area contributed by atoms with Crippen LogP contribution in [0.2, 0.25) is 5.02 Å². The van der Waals surface area contributed by atoms with Crippen molar-refractivity contribution in [2.45, 2.75) is 53.0 Å². The van der Waals surface area contributed by atoms with Crippen LogP contribution in [-0.4, -0.2) is 9.55 Å². The van der Waals surface area contributed by atoms with E-state index in [0.717, 1.165) is 33.5 Å². The molecule has 0 saturated carbocycles. The summed E-state index contributed by atoms with van der Waals surface area (Å²) in [7, 11) is 0. The van der Waals surface area contributed by atoms with Crippen LogP contribution in [0.15, 0.2) is 18.2 Å². The minimum atomic E-state index is -0.0586. The number of benzene rings is 1. The van der Waals surface area contributed by atoms with E-state index in [4.69, 9.17) is 22.3 Å². The molecular formula is C17H24ClN3. The van der Waals surface area contributed by atoms with E-state index in [-0.39, 0.29) is 11.5 Å². The number of rotatable bonds is 2. The highest BCUT2D eigenvalue weighted by Gasteiger charge is 2.27. The fourth-order valence-corrected chi connectivity index (χ4v) is 2.81. The first-order valence-corrected chi connectivity index (χ1v) is 7.65. The third-order valence-corrected chi connectivity index (χ3v) is 3.81. The van der Waals surface area contributed by atoms with Gasteiger partial charge in [-0.2, -0.15) is 0 Å². The van der Waals surface area contributed by atoms with Gasteiger partial charge < -0.3 is 10.3 Å². The fourth-order valence-electron chi connectivity index (χ4n) is 2.59. The number of anilines is 1. The first kappa shape index (κ1) is 15.9. The second kappa shape index (κ2) is 5.38. The van der Waals surface area contributed by atoms with Crippen LogP contribution in [0.25, 0.3) is 11.3 Å². The molecule has 1 aromatic heterocycles. The lowest BCUT2D eigenvalue weighted by Crippen LogP contribution is -2.21. The zero-order chi connectivity index (χ0) is 15.9. The summed E-state index contributed by atoms with van der Waals surface area (Å²) in [6, 6.07) is 6.09. The smallest absolute Gasteiger partial charge is 0.132 e. The standard InChI is InChI=1S/C17H24ClN3/c1-10(2)21-15(19)14(20-16(21)17(4,5)6)13-8-7-12(18)9-11(13)3/h7-10H,19H2,1-6H3. The summed E-state index contributed by atoms with van der Waals surface area (Å²) >= 11 is 6.05. The zero-order valence-corrected chi connectivity index (χ0v) is 14.4. The van der Waals surface area contributed by atoms with E-state index in [0.29, 0.717) is 0 Å². The van der Waals surface area contributed by atoms with Gasteiger partial charge in [-0.15, -0.1) is 0 Å². The van der Waals surface area contributed by atoms with Crippen molar-refractivity contribution in [3.8, 4) is 11.3 Å². The summed E-state index contributed by atoms with van der Waals surface area (Å²) in [5.41, 5.74) is 9.33. The summed E-state index contributed by atoms with van der Waals surface area (Å²) in [6.45, 7) is 12.8. The van der Waals surface area contributed by atoms with Crippen LogP contribution in [0.5, 0.6) is 0 Å². The molecule has 0 atom stereocenters. The lowest BCUT2D eigenvalue weighted by Gasteiger charge is -2.22. The summed E-state index contributed by atoms with van der Waals surface area (Å²) in [5.74, 6) is 1.74. The molecule has 0 radical (unpaired) electrons. The highest BCUT2D eigenvalue weighted by atomic mass is 35.5. The Hall–Kier alpha value is -1.48. The number of hydrogen-bond acceptors (Lipinski definition) is 2. The van der Waals surface area contributed by atoms with Crippen LogP contribution in [0.3, 0.4) is 0 Å². The molecule has 0 amide bonds. The number of hydrogen-bond donors (Lipinski definition) is 1. The maximum absolute atomic E-state index is 6.41. The Balaban J connectivity index is 2.71. The molecule has 0 unspecified atom stereocenters. The lowest BCUT2D eigenvalue weighted by atomic mass is 9.95. The third kappa shape index (κ3) is 2.93. The molecule has 0 spiro atoms. The largest absolute Gasteiger partial charge is 0.383 e. The Kier molecular flexibility index (Phi) is 4.07. The fraction of sp³-hybridized carbons (Fsp3) is 0.471. The van der Waals surface area contributed by atoms with Gasteiger partial charge in [-0.05, 0) is 38.5 Å². The maximum Gasteiger partial charge on any atom is 0.132 e. The highest BCUT2D eigenvalue weighted by Crippen LogP contribution is 2.36. The Labute approximate surface area is 132 Å². The molecule has 0 aliphatic rings. The van der Waals surface area contributed by atoms with E-state index in [2.05, 4.69) is 39.2 Å². The molecule has 0 aliphatic carbocycles. The van der Waals surface area contributed by atoms with Gasteiger partial charge in [-0.1, -0.05) is 38.4 Å². The van der Waals surface area contributed by atoms with Gasteiger partial charge in [-0.3, -0.25) is 0 Å². The molecule has 2 rings (SSSR count). The first-order chi connectivity index (χ1) is 9.62. The molecule has 3 nitrogen and oxygen atoms in total. The Morgan fingerprint density at radius 2 is 1.86 bits per heavy atom. The number of imidazole rings is 1. The van der Waals surface area contributed by atoms with Gasteiger partial charge in [0, 0.05) is 22.0 Å². The number of aryl methyl sites for hydroxylation is 1. The second-order valence-electron chi connectivity index (χ2n) is 6.84. The quantitative estimate of drug-likeness (QED) is 0.851. The lowest BCUT2D eigenvalue weighted by molar-refractivity contribution is 0.473. The van der Waals surface area contributed by atoms with Gasteiger partial charge in [0.25, 0.3) is 0 Å². The number of nitrogens with two attached hydrogens (primary N) is 1. The van der Waals surface area contributed by atoms with E-state index >= 15 is 0 Å². The van der Waals surface area contributed by atoms with E-state index in [1.807, 2.05) is 25.1 Å². The average Bonchev–Trinajstić information content (AvgIpc) is 2.67. The molecule has 1 heterocycles. The Bertz CT molecular complexity index is 663. The molecule has 114 valence electrons. The van der Waals surface area contributed by atoms with Gasteiger partial charge in [0.2, 0.25) is 0 Å². The van der Waals surface area contributed by atoms with Crippen LogP contribution in [-0.2, 0) is 5.41 Å². The van der Waals surface area contributed by atoms with Crippen molar-refractivity contribution in [2.75, 3.05) is 5.73 Å². The van der Waals surface area contributed by atoms with E-state index in [1.165, 1.54) is 0 Å². The van der Waals surface area contributed by atoms with Gasteiger partial charge in [0.1, 0.15) is 17.3 Å². The molecule has 4 heteroatoms. The summed E-state index contributed by atoms with van der Waals surface area (Å²) in [6.07, 6.45) is 0. The summed E-state index contributed by atoms with van der Waals surface area (Å²) in [5, 5.41) is 0.731. The van der Waals surface area contributed by atoms with Crippen molar-refractivity contribution in [2.24, 2.45) is 0 Å². The molecule has 0 saturated heterocycles. The molecule has 0 bridgehead atoms. The van der Waals surface area contributed by atoms with E-state index in [9.17, 15) is 0 Å². The first-order valence-electron chi connectivity index (χ1n) is 7.27. The van der Waals surface area contributed by atoms with Crippen molar-refractivity contribution in [1.82, 2.24) is 9.55 Å². The number of nitrogen functional groups attached to an aromatic ring is 1. The summed E-state index contributed by atoms with van der Waals surface area (Å²) < 4.78 is 2.13. The van der Waals surface area contributed by atoms with Gasteiger partial charge >= 0.3 is 0 Å². The zero-order valence-electron chi connectivity index (χ0n) is 13.7. The Morgan fingerprint density at radius 3 is 2.29 bits per heavy atom. The molecule has 1 aromatic carbocycles. The van der Waals surface area contributed by atoms with Gasteiger partial charge in [-0.25, -0.2) is 4.98 Å².